The Hall–Kier alpha value is 1.09. The van der Waals surface area contributed by atoms with Crippen LogP contribution in [0.5, 0.6) is 0 Å². The van der Waals surface area contributed by atoms with Crippen molar-refractivity contribution >= 4 is 26.2 Å². The predicted octanol–water partition coefficient (Wildman–Crippen LogP) is 3.48. The van der Waals surface area contributed by atoms with Gasteiger partial charge in [0.2, 0.25) is 0 Å². The van der Waals surface area contributed by atoms with E-state index in [2.05, 4.69) is 30.7 Å². The molecule has 0 aromatic rings. The molecule has 0 amide bonds. The predicted molar refractivity (Wildman–Crippen MR) is 47.6 cm³/mol. The van der Waals surface area contributed by atoms with E-state index in [4.69, 9.17) is 8.92 Å². The zero-order chi connectivity index (χ0) is 7.71. The molecule has 0 aromatic carbocycles. The van der Waals surface area contributed by atoms with E-state index in [1.807, 2.05) is 0 Å². The van der Waals surface area contributed by atoms with Crippen LogP contribution in [0.15, 0.2) is 0 Å². The fourth-order valence-electron chi connectivity index (χ4n) is 1.26. The van der Waals surface area contributed by atoms with Gasteiger partial charge in [-0.25, -0.2) is 0 Å². The van der Waals surface area contributed by atoms with E-state index < -0.39 is 17.3 Å². The van der Waals surface area contributed by atoms with Gasteiger partial charge in [-0.1, -0.05) is 0 Å². The Morgan fingerprint density at radius 3 is 1.56 bits per heavy atom. The van der Waals surface area contributed by atoms with Gasteiger partial charge in [0.1, 0.15) is 0 Å². The molecule has 2 heteroatoms. The minimum absolute atomic E-state index is 0.446. The van der Waals surface area contributed by atoms with Crippen LogP contribution in [0.3, 0.4) is 0 Å². The summed E-state index contributed by atoms with van der Waals surface area (Å²) in [4.78, 5) is 4.53. The van der Waals surface area contributed by atoms with E-state index >= 15 is 0 Å². The molecule has 0 radical (unpaired) electrons. The maximum atomic E-state index is 6.23. The van der Waals surface area contributed by atoms with E-state index in [0.29, 0.717) is 5.41 Å². The summed E-state index contributed by atoms with van der Waals surface area (Å²) >= 11 is -1.97. The molecule has 0 bridgehead atoms. The third kappa shape index (κ3) is 9.09. The second-order valence-corrected chi connectivity index (χ2v) is 22.1. The Morgan fingerprint density at radius 2 is 1.56 bits per heavy atom. The summed E-state index contributed by atoms with van der Waals surface area (Å²) in [5, 5.41) is 0. The molecular weight excluding hydrogens is 238 g/mol. The van der Waals surface area contributed by atoms with Crippen LogP contribution in [0.1, 0.15) is 20.8 Å². The van der Waals surface area contributed by atoms with E-state index in [0.717, 1.165) is 0 Å². The Bertz CT molecular complexity index is 74.1. The molecule has 0 aliphatic carbocycles. The molecule has 0 unspecified atom stereocenters. The average Bonchev–Trinajstić information content (AvgIpc) is 1.14. The second-order valence-electron chi connectivity index (χ2n) is 4.46. The van der Waals surface area contributed by atoms with Gasteiger partial charge in [0, 0.05) is 0 Å². The molecule has 0 saturated carbocycles. The first-order valence-electron chi connectivity index (χ1n) is 3.40. The van der Waals surface area contributed by atoms with Crippen molar-refractivity contribution in [3.8, 4) is 0 Å². The third-order valence-electron chi connectivity index (χ3n) is 0.951. The summed E-state index contributed by atoms with van der Waals surface area (Å²) in [6.07, 6.45) is 0. The first-order valence-corrected chi connectivity index (χ1v) is 14.7. The van der Waals surface area contributed by atoms with Crippen molar-refractivity contribution < 1.29 is 0 Å². The van der Waals surface area contributed by atoms with Gasteiger partial charge >= 0.3 is 66.7 Å². The zero-order valence-electron chi connectivity index (χ0n) is 7.09. The van der Waals surface area contributed by atoms with Gasteiger partial charge in [-0.3, -0.25) is 0 Å². The monoisotopic (exact) mass is 256 g/mol. The number of halogens is 1. The summed E-state index contributed by atoms with van der Waals surface area (Å²) in [5.74, 6) is 0. The molecule has 0 saturated heterocycles. The summed E-state index contributed by atoms with van der Waals surface area (Å²) < 4.78 is 1.27. The second kappa shape index (κ2) is 3.00. The van der Waals surface area contributed by atoms with Crippen molar-refractivity contribution in [3.05, 3.63) is 0 Å². The normalized spacial score (nSPS) is 14.0. The van der Waals surface area contributed by atoms with Crippen LogP contribution in [0.4, 0.5) is 0 Å². The van der Waals surface area contributed by atoms with Crippen LogP contribution in [0, 0.1) is 5.41 Å². The quantitative estimate of drug-likeness (QED) is 0.629. The summed E-state index contributed by atoms with van der Waals surface area (Å²) in [6, 6.07) is 0. The summed E-state index contributed by atoms with van der Waals surface area (Å²) in [7, 11) is 6.23. The van der Waals surface area contributed by atoms with E-state index in [9.17, 15) is 0 Å². The van der Waals surface area contributed by atoms with E-state index in [1.54, 1.807) is 0 Å². The Kier molecular flexibility index (Phi) is 3.36. The van der Waals surface area contributed by atoms with Crippen molar-refractivity contribution in [2.45, 2.75) is 35.1 Å². The maximum absolute atomic E-state index is 6.23. The van der Waals surface area contributed by atoms with Crippen molar-refractivity contribution in [3.63, 3.8) is 0 Å². The third-order valence-corrected chi connectivity index (χ3v) is 7.27. The molecule has 9 heavy (non-hydrogen) atoms. The van der Waals surface area contributed by atoms with Gasteiger partial charge in [0.15, 0.2) is 0 Å². The topological polar surface area (TPSA) is 0 Å². The minimum atomic E-state index is -1.97. The van der Waals surface area contributed by atoms with Crippen molar-refractivity contribution in [2.75, 3.05) is 0 Å². The molecule has 0 atom stereocenters. The average molecular weight is 255 g/mol. The number of rotatable bonds is 1. The van der Waals surface area contributed by atoms with Crippen LogP contribution in [0.2, 0.25) is 14.3 Å². The van der Waals surface area contributed by atoms with Gasteiger partial charge in [-0.05, 0) is 0 Å². The first-order chi connectivity index (χ1) is 3.71. The van der Waals surface area contributed by atoms with Crippen LogP contribution in [-0.4, -0.2) is 17.3 Å². The van der Waals surface area contributed by atoms with Gasteiger partial charge in [0.25, 0.3) is 0 Å². The molecule has 0 rings (SSSR count). The molecule has 0 aliphatic heterocycles. The molecule has 0 aliphatic rings. The van der Waals surface area contributed by atoms with Crippen LogP contribution in [0.25, 0.3) is 0 Å². The van der Waals surface area contributed by atoms with Crippen LogP contribution in [-0.2, 0) is 0 Å². The Labute approximate surface area is 66.6 Å². The Morgan fingerprint density at radius 1 is 1.22 bits per heavy atom. The van der Waals surface area contributed by atoms with Gasteiger partial charge in [-0.15, -0.1) is 0 Å². The molecule has 56 valence electrons. The van der Waals surface area contributed by atoms with Crippen LogP contribution >= 0.6 is 8.92 Å². The number of hydrogen-bond donors (Lipinski definition) is 0. The molecule has 0 spiro atoms. The molecule has 0 heterocycles. The van der Waals surface area contributed by atoms with Gasteiger partial charge < -0.3 is 0 Å². The van der Waals surface area contributed by atoms with Gasteiger partial charge in [-0.2, -0.15) is 0 Å². The number of hydrogen-bond acceptors (Lipinski definition) is 0. The molecule has 0 fully saturated rings. The van der Waals surface area contributed by atoms with E-state index in [-0.39, 0.29) is 0 Å². The molecular formula is C7H17ClSn. The Balaban J connectivity index is 3.75. The standard InChI is InChI=1S/C5H11.2CH3.ClH.Sn/c1-5(2,3)4;;;;/h1H2,2-4H3;2*1H3;1H;/q;;;;+1/p-1. The van der Waals surface area contributed by atoms with Crippen molar-refractivity contribution in [1.29, 1.82) is 0 Å². The van der Waals surface area contributed by atoms with E-state index in [1.165, 1.54) is 4.44 Å². The summed E-state index contributed by atoms with van der Waals surface area (Å²) in [6.45, 7) is 6.77. The molecule has 0 N–H and O–H groups in total. The summed E-state index contributed by atoms with van der Waals surface area (Å²) in [5.41, 5.74) is 0.446. The zero-order valence-corrected chi connectivity index (χ0v) is 10.7. The van der Waals surface area contributed by atoms with Crippen molar-refractivity contribution in [2.24, 2.45) is 5.41 Å². The molecule has 0 aromatic heterocycles. The van der Waals surface area contributed by atoms with Crippen molar-refractivity contribution in [1.82, 2.24) is 0 Å². The fourth-order valence-corrected chi connectivity index (χ4v) is 11.1. The first kappa shape index (κ1) is 10.1. The SMILES string of the molecule is CC(C)(C)[CH2][Sn]([CH3])([CH3])[Cl]. The van der Waals surface area contributed by atoms with Gasteiger partial charge in [0.05, 0.1) is 0 Å². The fraction of sp³-hybridized carbons (Fsp3) is 1.00. The van der Waals surface area contributed by atoms with Crippen LogP contribution < -0.4 is 0 Å². The molecule has 0 nitrogen and oxygen atoms in total.